The maximum Gasteiger partial charge on any atom is 0.272 e. The molecule has 2 aliphatic carbocycles. The molecular formula is C51H54IN7O4. The van der Waals surface area contributed by atoms with Gasteiger partial charge in [-0.05, 0) is 131 Å². The number of carbonyl (C=O) groups is 4. The Morgan fingerprint density at radius 2 is 0.968 bits per heavy atom. The molecule has 0 unspecified atom stereocenters. The lowest BCUT2D eigenvalue weighted by Crippen LogP contribution is -2.37. The Morgan fingerprint density at radius 1 is 0.508 bits per heavy atom. The minimum atomic E-state index is -0.253. The van der Waals surface area contributed by atoms with Gasteiger partial charge in [-0.2, -0.15) is 0 Å². The van der Waals surface area contributed by atoms with E-state index < -0.39 is 0 Å². The molecule has 324 valence electrons. The predicted octanol–water partition coefficient (Wildman–Crippen LogP) is 10.4. The third-order valence-corrected chi connectivity index (χ3v) is 13.5. The molecule has 0 spiro atoms. The molecule has 0 atom stereocenters. The molecule has 3 fully saturated rings. The number of hydrogen-bond acceptors (Lipinski definition) is 7. The van der Waals surface area contributed by atoms with Crippen molar-refractivity contribution < 1.29 is 19.2 Å². The molecule has 1 aliphatic heterocycles. The van der Waals surface area contributed by atoms with E-state index in [1.54, 1.807) is 36.7 Å². The van der Waals surface area contributed by atoms with Crippen LogP contribution in [0.4, 0.5) is 17.1 Å². The number of nitrogens with one attached hydrogen (secondary N) is 4. The molecule has 9 rings (SSSR count). The summed E-state index contributed by atoms with van der Waals surface area (Å²) in [7, 11) is 0. The zero-order chi connectivity index (χ0) is 43.5. The van der Waals surface area contributed by atoms with Gasteiger partial charge in [0.05, 0.1) is 11.4 Å². The van der Waals surface area contributed by atoms with Crippen molar-refractivity contribution in [3.8, 4) is 0 Å². The standard InChI is InChI=1S/C27H30N4O2.C24H24IN3O2/c32-26(22-13-14-24(31-16-7-17-31)21-11-5-4-10-20(21)22)30-23-12-6-15-28-25(23)27(33)29-18-19-8-2-1-3-9-19;25-20-13-12-19(17-9-4-5-10-18(17)20)23(29)28-21-11-6-14-26-22(21)24(30)27-15-16-7-2-1-3-8-16/h4-6,10-15,19H,1-3,7-9,16-18H2,(H,29,33)(H,30,32);4-6,9-14,16H,1-3,7-8,15H2,(H,27,30)(H,28,29). The Bertz CT molecular complexity index is 2600. The fraction of sp³-hybridized carbons (Fsp3) is 0.333. The number of rotatable bonds is 11. The van der Waals surface area contributed by atoms with E-state index in [2.05, 4.69) is 64.8 Å². The summed E-state index contributed by atoms with van der Waals surface area (Å²) in [5, 5.41) is 15.8. The molecule has 1 saturated heterocycles. The second kappa shape index (κ2) is 21.0. The maximum absolute atomic E-state index is 13.3. The Hall–Kier alpha value is -5.89. The number of hydrogen-bond donors (Lipinski definition) is 4. The molecule has 0 radical (unpaired) electrons. The Kier molecular flexibility index (Phi) is 14.6. The summed E-state index contributed by atoms with van der Waals surface area (Å²) in [5.41, 5.74) is 3.68. The van der Waals surface area contributed by atoms with E-state index in [4.69, 9.17) is 0 Å². The highest BCUT2D eigenvalue weighted by atomic mass is 127. The van der Waals surface area contributed by atoms with Crippen LogP contribution in [0.2, 0.25) is 0 Å². The Balaban J connectivity index is 0.000000174. The topological polar surface area (TPSA) is 145 Å². The molecule has 2 aromatic heterocycles. The molecule has 4 N–H and O–H groups in total. The second-order valence-electron chi connectivity index (χ2n) is 16.8. The average Bonchev–Trinajstić information content (AvgIpc) is 3.31. The van der Waals surface area contributed by atoms with Gasteiger partial charge in [0.1, 0.15) is 0 Å². The molecule has 2 saturated carbocycles. The van der Waals surface area contributed by atoms with Crippen LogP contribution in [0, 0.1) is 15.4 Å². The van der Waals surface area contributed by atoms with E-state index in [0.29, 0.717) is 47.4 Å². The summed E-state index contributed by atoms with van der Waals surface area (Å²) in [5.74, 6) is 0.0781. The van der Waals surface area contributed by atoms with E-state index in [1.165, 1.54) is 44.9 Å². The second-order valence-corrected chi connectivity index (χ2v) is 18.0. The van der Waals surface area contributed by atoms with Gasteiger partial charge in [-0.1, -0.05) is 87.1 Å². The number of carbonyl (C=O) groups excluding carboxylic acids is 4. The minimum Gasteiger partial charge on any atom is -0.371 e. The summed E-state index contributed by atoms with van der Waals surface area (Å²) < 4.78 is 1.09. The normalized spacial score (nSPS) is 15.4. The number of nitrogens with zero attached hydrogens (tertiary/aromatic N) is 3. The largest absolute Gasteiger partial charge is 0.371 e. The van der Waals surface area contributed by atoms with Crippen LogP contribution >= 0.6 is 22.6 Å². The van der Waals surface area contributed by atoms with Crippen LogP contribution in [0.3, 0.4) is 0 Å². The summed E-state index contributed by atoms with van der Waals surface area (Å²) in [4.78, 5) is 62.8. The van der Waals surface area contributed by atoms with Gasteiger partial charge in [-0.3, -0.25) is 19.2 Å². The first-order valence-corrected chi connectivity index (χ1v) is 23.4. The van der Waals surface area contributed by atoms with Crippen molar-refractivity contribution in [2.75, 3.05) is 41.7 Å². The number of fused-ring (bicyclic) bond motifs is 2. The molecule has 3 heterocycles. The molecular weight excluding hydrogens is 902 g/mol. The van der Waals surface area contributed by atoms with Crippen LogP contribution in [0.5, 0.6) is 0 Å². The van der Waals surface area contributed by atoms with Gasteiger partial charge in [0.2, 0.25) is 0 Å². The highest BCUT2D eigenvalue weighted by Gasteiger charge is 2.23. The van der Waals surface area contributed by atoms with Crippen molar-refractivity contribution in [2.24, 2.45) is 11.8 Å². The Morgan fingerprint density at radius 3 is 1.46 bits per heavy atom. The average molecular weight is 956 g/mol. The van der Waals surface area contributed by atoms with Crippen LogP contribution in [0.25, 0.3) is 21.5 Å². The number of amides is 4. The van der Waals surface area contributed by atoms with E-state index in [-0.39, 0.29) is 35.0 Å². The van der Waals surface area contributed by atoms with Crippen LogP contribution in [-0.4, -0.2) is 59.8 Å². The summed E-state index contributed by atoms with van der Waals surface area (Å²) in [6, 6.07) is 30.4. The summed E-state index contributed by atoms with van der Waals surface area (Å²) in [6.45, 7) is 3.41. The number of anilines is 3. The van der Waals surface area contributed by atoms with E-state index >= 15 is 0 Å². The molecule has 63 heavy (non-hydrogen) atoms. The SMILES string of the molecule is O=C(NCC1CCCCC1)c1ncccc1NC(=O)c1ccc(I)c2ccccc12.O=C(NCC1CCCCC1)c1ncccc1NC(=O)c1ccc(N2CCC2)c2ccccc12. The highest BCUT2D eigenvalue weighted by molar-refractivity contribution is 14.1. The van der Waals surface area contributed by atoms with Crippen LogP contribution in [-0.2, 0) is 0 Å². The molecule has 4 aromatic carbocycles. The monoisotopic (exact) mass is 955 g/mol. The van der Waals surface area contributed by atoms with Crippen molar-refractivity contribution >= 4 is 84.8 Å². The first-order valence-electron chi connectivity index (χ1n) is 22.4. The van der Waals surface area contributed by atoms with Crippen LogP contribution in [0.1, 0.15) is 112 Å². The van der Waals surface area contributed by atoms with Gasteiger partial charge in [-0.15, -0.1) is 0 Å². The van der Waals surface area contributed by atoms with Gasteiger partial charge in [0.25, 0.3) is 23.6 Å². The first kappa shape index (κ1) is 43.7. The third-order valence-electron chi connectivity index (χ3n) is 12.6. The van der Waals surface area contributed by atoms with Crippen LogP contribution in [0.15, 0.2) is 109 Å². The minimum absolute atomic E-state index is 0.240. The maximum atomic E-state index is 13.3. The van der Waals surface area contributed by atoms with Gasteiger partial charge in [-0.25, -0.2) is 9.97 Å². The molecule has 4 amide bonds. The number of aromatic nitrogens is 2. The van der Waals surface area contributed by atoms with Crippen molar-refractivity contribution in [2.45, 2.75) is 70.6 Å². The first-order chi connectivity index (χ1) is 30.8. The molecule has 12 heteroatoms. The number of pyridine rings is 2. The molecule has 11 nitrogen and oxygen atoms in total. The van der Waals surface area contributed by atoms with Gasteiger partial charge in [0, 0.05) is 64.3 Å². The fourth-order valence-electron chi connectivity index (χ4n) is 8.95. The quantitative estimate of drug-likeness (QED) is 0.0946. The van der Waals surface area contributed by atoms with Gasteiger partial charge in [0.15, 0.2) is 11.4 Å². The zero-order valence-corrected chi connectivity index (χ0v) is 37.7. The van der Waals surface area contributed by atoms with Gasteiger partial charge < -0.3 is 26.2 Å². The predicted molar refractivity (Wildman–Crippen MR) is 260 cm³/mol. The third kappa shape index (κ3) is 10.7. The van der Waals surface area contributed by atoms with Crippen molar-refractivity contribution in [3.63, 3.8) is 0 Å². The molecule has 6 aromatic rings. The Labute approximate surface area is 382 Å². The van der Waals surface area contributed by atoms with Crippen LogP contribution < -0.4 is 26.2 Å². The van der Waals surface area contributed by atoms with E-state index in [0.717, 1.165) is 69.6 Å². The van der Waals surface area contributed by atoms with Crippen molar-refractivity contribution in [3.05, 3.63) is 136 Å². The van der Waals surface area contributed by atoms with E-state index in [9.17, 15) is 19.2 Å². The van der Waals surface area contributed by atoms with E-state index in [1.807, 2.05) is 66.7 Å². The van der Waals surface area contributed by atoms with Crippen molar-refractivity contribution in [1.29, 1.82) is 0 Å². The highest BCUT2D eigenvalue weighted by Crippen LogP contribution is 2.33. The van der Waals surface area contributed by atoms with Crippen molar-refractivity contribution in [1.82, 2.24) is 20.6 Å². The zero-order valence-electron chi connectivity index (χ0n) is 35.5. The lowest BCUT2D eigenvalue weighted by Gasteiger charge is -2.34. The number of benzene rings is 4. The summed E-state index contributed by atoms with van der Waals surface area (Å²) in [6.07, 6.45) is 16.5. The number of halogens is 1. The van der Waals surface area contributed by atoms with Gasteiger partial charge >= 0.3 is 0 Å². The molecule has 3 aliphatic rings. The summed E-state index contributed by atoms with van der Waals surface area (Å²) >= 11 is 2.27. The molecule has 0 bridgehead atoms. The lowest BCUT2D eigenvalue weighted by atomic mass is 9.89. The lowest BCUT2D eigenvalue weighted by molar-refractivity contribution is 0.0930. The smallest absolute Gasteiger partial charge is 0.272 e. The fourth-order valence-corrected chi connectivity index (χ4v) is 9.60.